The van der Waals surface area contributed by atoms with Crippen LogP contribution in [-0.2, 0) is 0 Å². The van der Waals surface area contributed by atoms with Gasteiger partial charge >= 0.3 is 0 Å². The van der Waals surface area contributed by atoms with Crippen LogP contribution < -0.4 is 5.16 Å². The van der Waals surface area contributed by atoms with E-state index in [1.54, 1.807) is 0 Å². The summed E-state index contributed by atoms with van der Waals surface area (Å²) in [5, 5.41) is 12.9. The molecule has 0 saturated heterocycles. The topological polar surface area (TPSA) is 37.0 Å². The van der Waals surface area contributed by atoms with Gasteiger partial charge in [-0.05, 0) is 12.8 Å². The molecule has 0 aliphatic carbocycles. The largest absolute Gasteiger partial charge is 0.626 e. The molecule has 0 aromatic heterocycles. The lowest BCUT2D eigenvalue weighted by atomic mass is 9.95. The van der Waals surface area contributed by atoms with Crippen molar-refractivity contribution in [2.75, 3.05) is 0 Å². The highest BCUT2D eigenvalue weighted by Gasteiger charge is 2.08. The second-order valence-corrected chi connectivity index (χ2v) is 9.69. The molecule has 0 radical (unpaired) electrons. The number of rotatable bonds is 25. The molecule has 1 N–H and O–H groups in total. The van der Waals surface area contributed by atoms with E-state index in [1.165, 1.54) is 154 Å². The van der Waals surface area contributed by atoms with Crippen LogP contribution in [0.1, 0.15) is 168 Å². The molecule has 0 aromatic rings. The zero-order chi connectivity index (χ0) is 22.0. The van der Waals surface area contributed by atoms with Gasteiger partial charge in [0.05, 0.1) is 0 Å². The van der Waals surface area contributed by atoms with Gasteiger partial charge in [0.1, 0.15) is 0 Å². The summed E-state index contributed by atoms with van der Waals surface area (Å²) in [6, 6.07) is 0. The third kappa shape index (κ3) is 23.7. The van der Waals surface area contributed by atoms with Crippen molar-refractivity contribution in [1.82, 2.24) is 0 Å². The van der Waals surface area contributed by atoms with E-state index in [4.69, 9.17) is 0 Å². The van der Waals surface area contributed by atoms with Gasteiger partial charge in [0.15, 0.2) is 6.21 Å². The Bertz CT molecular complexity index is 329. The van der Waals surface area contributed by atoms with Crippen molar-refractivity contribution in [3.05, 3.63) is 5.21 Å². The van der Waals surface area contributed by atoms with E-state index in [2.05, 4.69) is 19.0 Å². The molecule has 1 unspecified atom stereocenters. The fourth-order valence-corrected chi connectivity index (χ4v) is 4.55. The highest BCUT2D eigenvalue weighted by atomic mass is 16.4. The van der Waals surface area contributed by atoms with Crippen LogP contribution in [0.4, 0.5) is 0 Å². The highest BCUT2D eigenvalue weighted by molar-refractivity contribution is 5.53. The molecule has 30 heavy (non-hydrogen) atoms. The smallest absolute Gasteiger partial charge is 0.151 e. The first kappa shape index (κ1) is 29.5. The quantitative estimate of drug-likeness (QED) is 0.0678. The van der Waals surface area contributed by atoms with Crippen molar-refractivity contribution < 1.29 is 5.16 Å². The average molecular weight is 424 g/mol. The Hall–Kier alpha value is -0.530. The van der Waals surface area contributed by atoms with Gasteiger partial charge in [-0.3, -0.25) is 0 Å². The zero-order valence-corrected chi connectivity index (χ0v) is 21.0. The molecule has 0 spiro atoms. The summed E-state index contributed by atoms with van der Waals surface area (Å²) in [5.74, 6) is 0.486. The number of hydrogen-bond donors (Lipinski definition) is 1. The highest BCUT2D eigenvalue weighted by Crippen LogP contribution is 2.18. The minimum absolute atomic E-state index is 0.486. The maximum absolute atomic E-state index is 10.8. The molecular formula is C28H57NO. The third-order valence-electron chi connectivity index (χ3n) is 6.66. The van der Waals surface area contributed by atoms with E-state index < -0.39 is 0 Å². The van der Waals surface area contributed by atoms with Crippen molar-refractivity contribution in [2.24, 2.45) is 5.92 Å². The fourth-order valence-electron chi connectivity index (χ4n) is 4.55. The molecule has 0 aromatic carbocycles. The van der Waals surface area contributed by atoms with Crippen LogP contribution in [0.15, 0.2) is 0 Å². The van der Waals surface area contributed by atoms with Gasteiger partial charge in [-0.25, -0.2) is 5.16 Å². The van der Waals surface area contributed by atoms with Crippen molar-refractivity contribution in [2.45, 2.75) is 168 Å². The number of unbranched alkanes of at least 4 members (excludes halogenated alkanes) is 20. The summed E-state index contributed by atoms with van der Waals surface area (Å²) in [6.07, 6.45) is 34.9. The molecule has 0 aliphatic heterocycles. The normalized spacial score (nSPS) is 12.7. The Labute approximate surface area is 190 Å². The van der Waals surface area contributed by atoms with Crippen molar-refractivity contribution in [3.8, 4) is 0 Å². The van der Waals surface area contributed by atoms with Crippen LogP contribution in [0, 0.1) is 11.1 Å². The molecule has 2 heteroatoms. The SMILES string of the molecule is CCCCCCCCCCCCCCC(C=[NH+][O-])CCCCCCCCCCCC. The summed E-state index contributed by atoms with van der Waals surface area (Å²) >= 11 is 0. The molecule has 0 bridgehead atoms. The van der Waals surface area contributed by atoms with Crippen molar-refractivity contribution in [3.63, 3.8) is 0 Å². The Morgan fingerprint density at radius 3 is 1.00 bits per heavy atom. The van der Waals surface area contributed by atoms with Gasteiger partial charge in [0.2, 0.25) is 0 Å². The van der Waals surface area contributed by atoms with E-state index in [1.807, 2.05) is 6.21 Å². The Morgan fingerprint density at radius 1 is 0.467 bits per heavy atom. The van der Waals surface area contributed by atoms with Gasteiger partial charge in [-0.15, -0.1) is 0 Å². The molecule has 180 valence electrons. The van der Waals surface area contributed by atoms with Crippen LogP contribution >= 0.6 is 0 Å². The van der Waals surface area contributed by atoms with Gasteiger partial charge in [-0.2, -0.15) is 0 Å². The lowest BCUT2D eigenvalue weighted by Gasteiger charge is -2.10. The molecular weight excluding hydrogens is 366 g/mol. The zero-order valence-electron chi connectivity index (χ0n) is 21.0. The summed E-state index contributed by atoms with van der Waals surface area (Å²) < 4.78 is 0. The summed E-state index contributed by atoms with van der Waals surface area (Å²) in [5.41, 5.74) is 0. The molecule has 0 saturated carbocycles. The van der Waals surface area contributed by atoms with E-state index in [0.717, 1.165) is 0 Å². The van der Waals surface area contributed by atoms with Crippen LogP contribution in [0.5, 0.6) is 0 Å². The summed E-state index contributed by atoms with van der Waals surface area (Å²) in [4.78, 5) is 0. The average Bonchev–Trinajstić information content (AvgIpc) is 2.75. The first-order valence-corrected chi connectivity index (χ1v) is 14.1. The number of nitrogens with one attached hydrogen (secondary N) is 1. The maximum atomic E-state index is 10.8. The summed E-state index contributed by atoms with van der Waals surface area (Å²) in [7, 11) is 0. The lowest BCUT2D eigenvalue weighted by molar-refractivity contribution is -0.370. The summed E-state index contributed by atoms with van der Waals surface area (Å²) in [6.45, 7) is 4.57. The van der Waals surface area contributed by atoms with Crippen LogP contribution in [0.25, 0.3) is 0 Å². The van der Waals surface area contributed by atoms with Crippen molar-refractivity contribution in [1.29, 1.82) is 0 Å². The minimum Gasteiger partial charge on any atom is -0.626 e. The minimum atomic E-state index is 0.486. The Morgan fingerprint density at radius 2 is 0.733 bits per heavy atom. The molecule has 0 rings (SSSR count). The Kier molecular flexibility index (Phi) is 26.0. The third-order valence-corrected chi connectivity index (χ3v) is 6.66. The molecule has 0 fully saturated rings. The van der Waals surface area contributed by atoms with Crippen molar-refractivity contribution >= 4 is 6.21 Å². The monoisotopic (exact) mass is 423 g/mol. The second kappa shape index (κ2) is 26.5. The van der Waals surface area contributed by atoms with E-state index in [9.17, 15) is 5.21 Å². The first-order chi connectivity index (χ1) is 14.8. The van der Waals surface area contributed by atoms with Gasteiger partial charge in [0.25, 0.3) is 0 Å². The first-order valence-electron chi connectivity index (χ1n) is 14.1. The molecule has 0 aliphatic rings. The van der Waals surface area contributed by atoms with E-state index in [-0.39, 0.29) is 0 Å². The van der Waals surface area contributed by atoms with Gasteiger partial charge in [-0.1, -0.05) is 155 Å². The van der Waals surface area contributed by atoms with Crippen LogP contribution in [0.3, 0.4) is 0 Å². The number of hydrogen-bond acceptors (Lipinski definition) is 1. The van der Waals surface area contributed by atoms with Crippen LogP contribution in [0.2, 0.25) is 0 Å². The molecule has 0 amide bonds. The van der Waals surface area contributed by atoms with Gasteiger partial charge < -0.3 is 5.21 Å². The van der Waals surface area contributed by atoms with Gasteiger partial charge in [0, 0.05) is 5.92 Å². The maximum Gasteiger partial charge on any atom is 0.151 e. The Balaban J connectivity index is 3.42. The van der Waals surface area contributed by atoms with Crippen LogP contribution in [-0.4, -0.2) is 6.21 Å². The molecule has 2 nitrogen and oxygen atoms in total. The molecule has 1 atom stereocenters. The standard InChI is InChI=1S/C28H57NO/c1-3-5-7-9-11-13-15-16-18-20-22-24-26-28(27-29-30)25-23-21-19-17-14-12-10-8-6-4-2/h27-29H,3-26H2,1-2H3. The predicted molar refractivity (Wildman–Crippen MR) is 136 cm³/mol. The van der Waals surface area contributed by atoms with E-state index >= 15 is 0 Å². The lowest BCUT2D eigenvalue weighted by Crippen LogP contribution is -2.61. The van der Waals surface area contributed by atoms with E-state index in [0.29, 0.717) is 5.92 Å². The predicted octanol–water partition coefficient (Wildman–Crippen LogP) is 8.65. The fraction of sp³-hybridized carbons (Fsp3) is 0.964. The second-order valence-electron chi connectivity index (χ2n) is 9.69. The molecule has 0 heterocycles.